The zero-order valence-corrected chi connectivity index (χ0v) is 23.6. The minimum Gasteiger partial charge on any atom is -0.748 e. The summed E-state index contributed by atoms with van der Waals surface area (Å²) in [7, 11) is -1.47. The van der Waals surface area contributed by atoms with Gasteiger partial charge in [-0.1, -0.05) is 0 Å². The Kier molecular flexibility index (Phi) is 9.36. The van der Waals surface area contributed by atoms with Crippen molar-refractivity contribution in [3.8, 4) is 11.5 Å². The number of ether oxygens (including phenoxy) is 2. The fourth-order valence-electron chi connectivity index (χ4n) is 3.61. The van der Waals surface area contributed by atoms with Gasteiger partial charge in [-0.3, -0.25) is 14.6 Å². The number of hydrogen-bond donors (Lipinski definition) is 1. The van der Waals surface area contributed by atoms with Gasteiger partial charge in [0.25, 0.3) is 5.91 Å². The van der Waals surface area contributed by atoms with E-state index in [1.54, 1.807) is 30.0 Å². The van der Waals surface area contributed by atoms with Crippen molar-refractivity contribution in [3.63, 3.8) is 0 Å². The van der Waals surface area contributed by atoms with Gasteiger partial charge in [0.2, 0.25) is 5.88 Å². The second-order valence-electron chi connectivity index (χ2n) is 7.79. The third-order valence-corrected chi connectivity index (χ3v) is 6.72. The molecule has 0 aromatic heterocycles. The monoisotopic (exact) mass is 533 g/mol. The number of carbonyl (C=O) groups is 2. The van der Waals surface area contributed by atoms with Crippen LogP contribution in [0.1, 0.15) is 20.3 Å². The van der Waals surface area contributed by atoms with Gasteiger partial charge >= 0.3 is 35.5 Å². The van der Waals surface area contributed by atoms with E-state index >= 15 is 0 Å². The molecule has 2 aliphatic heterocycles. The van der Waals surface area contributed by atoms with Crippen molar-refractivity contribution in [1.29, 1.82) is 0 Å². The van der Waals surface area contributed by atoms with Crippen molar-refractivity contribution in [1.82, 2.24) is 9.80 Å². The molecule has 1 saturated heterocycles. The molecule has 0 saturated carbocycles. The van der Waals surface area contributed by atoms with E-state index in [2.05, 4.69) is 0 Å². The minimum absolute atomic E-state index is 0. The van der Waals surface area contributed by atoms with Crippen molar-refractivity contribution in [2.24, 2.45) is 0 Å². The average Bonchev–Trinajstić information content (AvgIpc) is 3.24. The molecule has 0 radical (unpaired) electrons. The van der Waals surface area contributed by atoms with Gasteiger partial charge < -0.3 is 24.0 Å². The summed E-state index contributed by atoms with van der Waals surface area (Å²) in [4.78, 5) is 28.4. The average molecular weight is 534 g/mol. The van der Waals surface area contributed by atoms with Crippen LogP contribution in [0.25, 0.3) is 0 Å². The SMILES string of the molecule is COc1ccc2c(c1)O/C(=C/C=C1\C(=O)N(C)C(=S)N1C(C)C(=O)O)N2C(C)CCS(=O)(=O)[O-].[Na+]. The Morgan fingerprint density at radius 1 is 1.29 bits per heavy atom. The molecule has 0 spiro atoms. The number of amides is 1. The molecule has 14 heteroatoms. The Balaban J connectivity index is 0.00000432. The first-order chi connectivity index (χ1) is 15.9. The van der Waals surface area contributed by atoms with Crippen LogP contribution in [-0.4, -0.2) is 76.9 Å². The van der Waals surface area contributed by atoms with Gasteiger partial charge in [-0.25, -0.2) is 13.2 Å². The molecule has 0 bridgehead atoms. The normalized spacial score (nSPS) is 19.5. The van der Waals surface area contributed by atoms with Crippen molar-refractivity contribution in [2.45, 2.75) is 32.4 Å². The van der Waals surface area contributed by atoms with E-state index in [-0.39, 0.29) is 52.7 Å². The molecule has 1 aromatic carbocycles. The van der Waals surface area contributed by atoms with Crippen LogP contribution in [-0.2, 0) is 19.7 Å². The Hall–Kier alpha value is -2.16. The van der Waals surface area contributed by atoms with Crippen LogP contribution in [0.4, 0.5) is 5.69 Å². The third kappa shape index (κ3) is 6.16. The maximum Gasteiger partial charge on any atom is 1.00 e. The van der Waals surface area contributed by atoms with Crippen LogP contribution in [0.15, 0.2) is 41.9 Å². The molecule has 2 unspecified atom stereocenters. The molecule has 0 aliphatic carbocycles. The zero-order valence-electron chi connectivity index (χ0n) is 19.9. The van der Waals surface area contributed by atoms with Crippen molar-refractivity contribution >= 4 is 45.0 Å². The first-order valence-corrected chi connectivity index (χ1v) is 12.2. The zero-order chi connectivity index (χ0) is 25.4. The van der Waals surface area contributed by atoms with Gasteiger partial charge in [-0.05, 0) is 50.7 Å². The molecule has 2 atom stereocenters. The maximum absolute atomic E-state index is 12.7. The number of anilines is 1. The summed E-state index contributed by atoms with van der Waals surface area (Å²) in [5.41, 5.74) is 0.657. The van der Waals surface area contributed by atoms with E-state index in [0.29, 0.717) is 17.2 Å². The minimum atomic E-state index is -4.42. The number of rotatable bonds is 8. The van der Waals surface area contributed by atoms with Gasteiger partial charge in [0.1, 0.15) is 17.5 Å². The van der Waals surface area contributed by atoms with Crippen molar-refractivity contribution in [3.05, 3.63) is 41.9 Å². The summed E-state index contributed by atoms with van der Waals surface area (Å²) in [6.07, 6.45) is 2.91. The standard InChI is InChI=1S/C21H25N3O8S2.Na/c1-12(9-10-34(28,29)30)23-15-6-5-14(31-4)11-17(15)32-18(23)8-7-16-19(25)22(3)21(33)24(16)13(2)20(26)27;/h5-8,11-13H,9-10H2,1-4H3,(H,26,27)(H,28,29,30);/q;+1/p-1/b16-7+,18-8+;. The number of carbonyl (C=O) groups excluding carboxylic acids is 1. The van der Waals surface area contributed by atoms with Crippen LogP contribution in [0.2, 0.25) is 0 Å². The topological polar surface area (TPSA) is 140 Å². The van der Waals surface area contributed by atoms with Gasteiger partial charge in [0.05, 0.1) is 22.9 Å². The molecular formula is C21H24N3NaO8S2. The summed E-state index contributed by atoms with van der Waals surface area (Å²) in [5.74, 6) is -0.984. The number of hydrogen-bond acceptors (Lipinski definition) is 9. The number of allylic oxidation sites excluding steroid dienone is 2. The molecular weight excluding hydrogens is 509 g/mol. The predicted molar refractivity (Wildman–Crippen MR) is 125 cm³/mol. The molecule has 2 heterocycles. The quantitative estimate of drug-likeness (QED) is 0.180. The molecule has 184 valence electrons. The van der Waals surface area contributed by atoms with Crippen LogP contribution >= 0.6 is 12.2 Å². The molecule has 1 N–H and O–H groups in total. The Morgan fingerprint density at radius 3 is 2.51 bits per heavy atom. The molecule has 1 amide bonds. The molecule has 1 fully saturated rings. The van der Waals surface area contributed by atoms with E-state index in [9.17, 15) is 27.7 Å². The van der Waals surface area contributed by atoms with E-state index in [1.165, 1.54) is 43.0 Å². The Bertz CT molecular complexity index is 1200. The van der Waals surface area contributed by atoms with E-state index in [4.69, 9.17) is 21.7 Å². The first-order valence-electron chi connectivity index (χ1n) is 10.2. The van der Waals surface area contributed by atoms with Crippen LogP contribution < -0.4 is 43.9 Å². The summed E-state index contributed by atoms with van der Waals surface area (Å²) in [6, 6.07) is 3.54. The third-order valence-electron chi connectivity index (χ3n) is 5.51. The summed E-state index contributed by atoms with van der Waals surface area (Å²) in [6.45, 7) is 3.14. The van der Waals surface area contributed by atoms with Crippen molar-refractivity contribution < 1.29 is 66.7 Å². The number of aliphatic carboxylic acids is 1. The number of benzene rings is 1. The van der Waals surface area contributed by atoms with E-state index < -0.39 is 39.8 Å². The van der Waals surface area contributed by atoms with E-state index in [0.717, 1.165) is 0 Å². The maximum atomic E-state index is 12.7. The number of fused-ring (bicyclic) bond motifs is 1. The Labute approximate surface area is 231 Å². The van der Waals surface area contributed by atoms with E-state index in [1.807, 2.05) is 0 Å². The number of carboxylic acids is 1. The predicted octanol–water partition coefficient (Wildman–Crippen LogP) is -1.52. The fraction of sp³-hybridized carbons (Fsp3) is 0.381. The molecule has 3 rings (SSSR count). The summed E-state index contributed by atoms with van der Waals surface area (Å²) >= 11 is 5.24. The molecule has 1 aromatic rings. The van der Waals surface area contributed by atoms with Gasteiger partial charge in [0, 0.05) is 31.0 Å². The second-order valence-corrected chi connectivity index (χ2v) is 9.68. The van der Waals surface area contributed by atoms with Gasteiger partial charge in [0.15, 0.2) is 10.9 Å². The number of nitrogens with zero attached hydrogens (tertiary/aromatic N) is 3. The van der Waals surface area contributed by atoms with Gasteiger partial charge in [-0.15, -0.1) is 0 Å². The molecule has 2 aliphatic rings. The van der Waals surface area contributed by atoms with Crippen molar-refractivity contribution in [2.75, 3.05) is 24.8 Å². The first kappa shape index (κ1) is 29.1. The number of carboxylic acid groups (broad SMARTS) is 1. The number of likely N-dealkylation sites (N-methyl/N-ethyl adjacent to an activating group) is 1. The molecule has 35 heavy (non-hydrogen) atoms. The number of thiocarbonyl (C=S) groups is 1. The fourth-order valence-corrected chi connectivity index (χ4v) is 4.58. The molecule has 11 nitrogen and oxygen atoms in total. The van der Waals surface area contributed by atoms with Crippen LogP contribution in [0.5, 0.6) is 11.5 Å². The van der Waals surface area contributed by atoms with Gasteiger partial charge in [-0.2, -0.15) is 0 Å². The smallest absolute Gasteiger partial charge is 0.748 e. The summed E-state index contributed by atoms with van der Waals surface area (Å²) < 4.78 is 44.7. The largest absolute Gasteiger partial charge is 1.00 e. The number of methoxy groups -OCH3 is 1. The second kappa shape index (κ2) is 11.3. The van der Waals surface area contributed by atoms with Crippen LogP contribution in [0.3, 0.4) is 0 Å². The Morgan fingerprint density at radius 2 is 1.94 bits per heavy atom. The summed E-state index contributed by atoms with van der Waals surface area (Å²) in [5, 5.41) is 9.50. The van der Waals surface area contributed by atoms with Crippen LogP contribution in [0, 0.1) is 0 Å².